The smallest absolute Gasteiger partial charge is 0.303 e. The van der Waals surface area contributed by atoms with Gasteiger partial charge >= 0.3 is 5.92 Å². The fourth-order valence-corrected chi connectivity index (χ4v) is 3.18. The van der Waals surface area contributed by atoms with Crippen LogP contribution in [0, 0.1) is 0 Å². The van der Waals surface area contributed by atoms with E-state index in [1.807, 2.05) is 0 Å². The predicted molar refractivity (Wildman–Crippen MR) is 114 cm³/mol. The number of nitrogens with zero attached hydrogens (tertiary/aromatic N) is 6. The highest BCUT2D eigenvalue weighted by Crippen LogP contribution is 2.29. The van der Waals surface area contributed by atoms with Crippen molar-refractivity contribution in [3.8, 4) is 17.1 Å². The molecule has 0 aromatic carbocycles. The predicted octanol–water partition coefficient (Wildman–Crippen LogP) is 3.40. The van der Waals surface area contributed by atoms with Crippen LogP contribution in [-0.4, -0.2) is 48.9 Å². The molecule has 4 aromatic rings. The normalized spacial score (nSPS) is 11.8. The van der Waals surface area contributed by atoms with E-state index in [2.05, 4.69) is 25.4 Å². The molecule has 0 atom stereocenters. The summed E-state index contributed by atoms with van der Waals surface area (Å²) in [6, 6.07) is 5.06. The largest absolute Gasteiger partial charge is 0.383 e. The monoisotopic (exact) mass is 441 g/mol. The summed E-state index contributed by atoms with van der Waals surface area (Å²) in [5, 5.41) is 7.62. The fraction of sp³-hybridized carbons (Fsp3) is 0.286. The Bertz CT molecular complexity index is 1280. The summed E-state index contributed by atoms with van der Waals surface area (Å²) >= 11 is 0. The van der Waals surface area contributed by atoms with Gasteiger partial charge in [0.25, 0.3) is 0 Å². The maximum absolute atomic E-state index is 14.2. The number of carbonyl (C=O) groups excluding carboxylic acids is 1. The van der Waals surface area contributed by atoms with Crippen molar-refractivity contribution in [3.63, 3.8) is 0 Å². The van der Waals surface area contributed by atoms with Gasteiger partial charge in [-0.25, -0.2) is 15.0 Å². The molecule has 1 amide bonds. The van der Waals surface area contributed by atoms with Crippen LogP contribution in [0.4, 0.5) is 14.6 Å². The summed E-state index contributed by atoms with van der Waals surface area (Å²) in [5.41, 5.74) is 1.54. The average Bonchev–Trinajstić information content (AvgIpc) is 3.38. The minimum Gasteiger partial charge on any atom is -0.383 e. The van der Waals surface area contributed by atoms with Crippen LogP contribution in [0.15, 0.2) is 43.0 Å². The number of anilines is 1. The summed E-state index contributed by atoms with van der Waals surface area (Å²) in [6.07, 6.45) is 6.57. The first kappa shape index (κ1) is 21.5. The standard InChI is InChI=1S/C21H21F2N7O2/c1-13(31)26-18-9-17-14(10-24-18)4-5-30(17)19-8-16(27-20(28-19)21(2,22)23)15-11-25-29(12-15)6-7-32-3/h4-5,8-12H,6-7H2,1-3H3,(H,24,26,31). The highest BCUT2D eigenvalue weighted by molar-refractivity contribution is 5.91. The van der Waals surface area contributed by atoms with Gasteiger partial charge in [0.15, 0.2) is 0 Å². The molecule has 0 bridgehead atoms. The Kier molecular flexibility index (Phi) is 5.66. The van der Waals surface area contributed by atoms with Crippen LogP contribution >= 0.6 is 0 Å². The van der Waals surface area contributed by atoms with Gasteiger partial charge in [-0.2, -0.15) is 13.9 Å². The Morgan fingerprint density at radius 1 is 1.25 bits per heavy atom. The molecular formula is C21H21F2N7O2. The first-order valence-corrected chi connectivity index (χ1v) is 9.79. The Balaban J connectivity index is 1.83. The number of aromatic nitrogens is 6. The third kappa shape index (κ3) is 4.47. The van der Waals surface area contributed by atoms with E-state index in [4.69, 9.17) is 4.74 Å². The summed E-state index contributed by atoms with van der Waals surface area (Å²) in [7, 11) is 1.59. The third-order valence-electron chi connectivity index (χ3n) is 4.68. The SMILES string of the molecule is COCCn1cc(-c2cc(-n3ccc4cnc(NC(C)=O)cc43)nc(C(C)(F)F)n2)cn1. The second kappa shape index (κ2) is 8.42. The lowest BCUT2D eigenvalue weighted by Gasteiger charge is -2.13. The second-order valence-corrected chi connectivity index (χ2v) is 7.30. The Morgan fingerprint density at radius 3 is 2.78 bits per heavy atom. The zero-order valence-electron chi connectivity index (χ0n) is 17.7. The number of pyridine rings is 1. The summed E-state index contributed by atoms with van der Waals surface area (Å²) in [4.78, 5) is 23.8. The zero-order chi connectivity index (χ0) is 22.9. The number of nitrogens with one attached hydrogen (secondary N) is 1. The molecule has 11 heteroatoms. The van der Waals surface area contributed by atoms with Crippen LogP contribution < -0.4 is 5.32 Å². The molecule has 4 heterocycles. The van der Waals surface area contributed by atoms with Crippen molar-refractivity contribution < 1.29 is 18.3 Å². The van der Waals surface area contributed by atoms with Gasteiger partial charge in [0.1, 0.15) is 11.6 Å². The molecule has 166 valence electrons. The number of halogens is 2. The van der Waals surface area contributed by atoms with Crippen molar-refractivity contribution in [1.82, 2.24) is 29.3 Å². The van der Waals surface area contributed by atoms with E-state index in [1.165, 1.54) is 6.92 Å². The first-order valence-electron chi connectivity index (χ1n) is 9.79. The molecule has 4 aromatic heterocycles. The lowest BCUT2D eigenvalue weighted by Crippen LogP contribution is -2.15. The molecule has 0 saturated carbocycles. The molecule has 32 heavy (non-hydrogen) atoms. The number of ether oxygens (including phenoxy) is 1. The van der Waals surface area contributed by atoms with Gasteiger partial charge in [0, 0.05) is 62.6 Å². The van der Waals surface area contributed by atoms with Gasteiger partial charge in [0.2, 0.25) is 11.7 Å². The van der Waals surface area contributed by atoms with Crippen molar-refractivity contribution in [1.29, 1.82) is 0 Å². The van der Waals surface area contributed by atoms with E-state index in [0.717, 1.165) is 12.3 Å². The molecule has 9 nitrogen and oxygen atoms in total. The van der Waals surface area contributed by atoms with E-state index >= 15 is 0 Å². The number of carbonyl (C=O) groups is 1. The van der Waals surface area contributed by atoms with Crippen molar-refractivity contribution in [3.05, 3.63) is 48.8 Å². The van der Waals surface area contributed by atoms with Crippen LogP contribution in [0.25, 0.3) is 28.0 Å². The van der Waals surface area contributed by atoms with E-state index < -0.39 is 11.7 Å². The minimum absolute atomic E-state index is 0.256. The molecule has 4 rings (SSSR count). The highest BCUT2D eigenvalue weighted by Gasteiger charge is 2.30. The van der Waals surface area contributed by atoms with Crippen LogP contribution in [-0.2, 0) is 22.0 Å². The van der Waals surface area contributed by atoms with Crippen LogP contribution in [0.2, 0.25) is 0 Å². The fourth-order valence-electron chi connectivity index (χ4n) is 3.18. The van der Waals surface area contributed by atoms with E-state index in [1.54, 1.807) is 59.3 Å². The quantitative estimate of drug-likeness (QED) is 0.472. The molecule has 0 aliphatic carbocycles. The Morgan fingerprint density at radius 2 is 2.06 bits per heavy atom. The van der Waals surface area contributed by atoms with Crippen LogP contribution in [0.5, 0.6) is 0 Å². The Labute approximate surface area is 182 Å². The van der Waals surface area contributed by atoms with Gasteiger partial charge < -0.3 is 14.6 Å². The van der Waals surface area contributed by atoms with E-state index in [9.17, 15) is 13.6 Å². The Hall–Kier alpha value is -3.73. The number of methoxy groups -OCH3 is 1. The molecule has 0 radical (unpaired) electrons. The molecule has 0 aliphatic rings. The average molecular weight is 441 g/mol. The van der Waals surface area contributed by atoms with Crippen LogP contribution in [0.3, 0.4) is 0 Å². The number of amides is 1. The van der Waals surface area contributed by atoms with Crippen molar-refractivity contribution in [2.75, 3.05) is 19.0 Å². The maximum Gasteiger partial charge on any atom is 0.303 e. The lowest BCUT2D eigenvalue weighted by atomic mass is 10.2. The zero-order valence-corrected chi connectivity index (χ0v) is 17.7. The van der Waals surface area contributed by atoms with Gasteiger partial charge in [-0.3, -0.25) is 9.48 Å². The molecule has 0 saturated heterocycles. The summed E-state index contributed by atoms with van der Waals surface area (Å²) < 4.78 is 36.8. The van der Waals surface area contributed by atoms with E-state index in [-0.39, 0.29) is 11.7 Å². The molecular weight excluding hydrogens is 420 g/mol. The molecule has 1 N–H and O–H groups in total. The molecule has 0 fully saturated rings. The summed E-state index contributed by atoms with van der Waals surface area (Å²) in [6.45, 7) is 3.12. The number of fused-ring (bicyclic) bond motifs is 1. The van der Waals surface area contributed by atoms with Gasteiger partial charge in [-0.1, -0.05) is 0 Å². The van der Waals surface area contributed by atoms with Gasteiger partial charge in [-0.15, -0.1) is 0 Å². The van der Waals surface area contributed by atoms with Crippen molar-refractivity contribution in [2.45, 2.75) is 26.3 Å². The summed E-state index contributed by atoms with van der Waals surface area (Å²) in [5.74, 6) is -3.51. The first-order chi connectivity index (χ1) is 15.2. The number of rotatable bonds is 7. The van der Waals surface area contributed by atoms with Crippen molar-refractivity contribution >= 4 is 22.6 Å². The topological polar surface area (TPSA) is 99.8 Å². The van der Waals surface area contributed by atoms with Gasteiger partial charge in [-0.05, 0) is 6.07 Å². The van der Waals surface area contributed by atoms with Crippen molar-refractivity contribution in [2.24, 2.45) is 0 Å². The molecule has 0 aliphatic heterocycles. The molecule has 0 unspecified atom stereocenters. The van der Waals surface area contributed by atoms with Gasteiger partial charge in [0.05, 0.1) is 30.6 Å². The number of hydrogen-bond donors (Lipinski definition) is 1. The third-order valence-corrected chi connectivity index (χ3v) is 4.68. The maximum atomic E-state index is 14.2. The number of alkyl halides is 2. The number of hydrogen-bond acceptors (Lipinski definition) is 6. The van der Waals surface area contributed by atoms with Crippen LogP contribution in [0.1, 0.15) is 19.7 Å². The van der Waals surface area contributed by atoms with E-state index in [0.29, 0.717) is 35.7 Å². The highest BCUT2D eigenvalue weighted by atomic mass is 19.3. The lowest BCUT2D eigenvalue weighted by molar-refractivity contribution is -0.114. The second-order valence-electron chi connectivity index (χ2n) is 7.30. The molecule has 0 spiro atoms. The minimum atomic E-state index is -3.25.